The molecule has 3 atom stereocenters. The first kappa shape index (κ1) is 16.2. The van der Waals surface area contributed by atoms with Gasteiger partial charge in [0.25, 0.3) is 0 Å². The van der Waals surface area contributed by atoms with E-state index in [0.29, 0.717) is 0 Å². The highest BCUT2D eigenvalue weighted by Gasteiger charge is 2.30. The van der Waals surface area contributed by atoms with Crippen molar-refractivity contribution < 1.29 is 9.53 Å². The molecule has 5 heteroatoms. The number of urea groups is 1. The summed E-state index contributed by atoms with van der Waals surface area (Å²) in [7, 11) is 0. The minimum Gasteiger partial charge on any atom is -0.376 e. The first-order valence-electron chi connectivity index (χ1n) is 8.84. The third-order valence-electron chi connectivity index (χ3n) is 4.98. The lowest BCUT2D eigenvalue weighted by molar-refractivity contribution is 0.0818. The summed E-state index contributed by atoms with van der Waals surface area (Å²) in [6.07, 6.45) is 10.4. The number of pyridine rings is 1. The third kappa shape index (κ3) is 4.02. The molecule has 0 bridgehead atoms. The van der Waals surface area contributed by atoms with Crippen molar-refractivity contribution in [1.29, 1.82) is 0 Å². The number of rotatable bonds is 3. The van der Waals surface area contributed by atoms with E-state index >= 15 is 0 Å². The minimum absolute atomic E-state index is 0.0386. The molecule has 5 nitrogen and oxygen atoms in total. The SMILES string of the molecule is CC(NC(=O)N1CCCCCC1c1ccncc1)C1CCCO1. The maximum absolute atomic E-state index is 12.8. The van der Waals surface area contributed by atoms with E-state index in [1.54, 1.807) is 0 Å². The van der Waals surface area contributed by atoms with Crippen molar-refractivity contribution in [3.8, 4) is 0 Å². The van der Waals surface area contributed by atoms with Gasteiger partial charge in [-0.2, -0.15) is 0 Å². The van der Waals surface area contributed by atoms with Crippen LogP contribution in [0.4, 0.5) is 4.79 Å². The predicted octanol–water partition coefficient (Wildman–Crippen LogP) is 3.28. The number of hydrogen-bond acceptors (Lipinski definition) is 3. The molecule has 1 N–H and O–H groups in total. The predicted molar refractivity (Wildman–Crippen MR) is 89.1 cm³/mol. The summed E-state index contributed by atoms with van der Waals surface area (Å²) in [5, 5.41) is 3.17. The van der Waals surface area contributed by atoms with Crippen LogP contribution in [-0.4, -0.2) is 41.2 Å². The molecule has 1 aromatic heterocycles. The fourth-order valence-electron chi connectivity index (χ4n) is 3.65. The number of nitrogens with one attached hydrogen (secondary N) is 1. The van der Waals surface area contributed by atoms with Crippen LogP contribution in [0.5, 0.6) is 0 Å². The van der Waals surface area contributed by atoms with Gasteiger partial charge in [0.05, 0.1) is 18.2 Å². The topological polar surface area (TPSA) is 54.5 Å². The second kappa shape index (κ2) is 7.77. The zero-order valence-corrected chi connectivity index (χ0v) is 13.9. The fraction of sp³-hybridized carbons (Fsp3) is 0.667. The highest BCUT2D eigenvalue weighted by atomic mass is 16.5. The molecule has 0 saturated carbocycles. The number of aromatic nitrogens is 1. The maximum atomic E-state index is 12.8. The zero-order valence-electron chi connectivity index (χ0n) is 13.9. The van der Waals surface area contributed by atoms with E-state index in [1.165, 1.54) is 12.0 Å². The van der Waals surface area contributed by atoms with Crippen molar-refractivity contribution >= 4 is 6.03 Å². The minimum atomic E-state index is 0.0386. The van der Waals surface area contributed by atoms with Crippen molar-refractivity contribution in [2.75, 3.05) is 13.2 Å². The van der Waals surface area contributed by atoms with Crippen molar-refractivity contribution in [2.24, 2.45) is 0 Å². The molecular weight excluding hydrogens is 290 g/mol. The Morgan fingerprint density at radius 3 is 2.83 bits per heavy atom. The molecule has 2 saturated heterocycles. The van der Waals surface area contributed by atoms with Gasteiger partial charge in [0, 0.05) is 25.5 Å². The molecule has 126 valence electrons. The maximum Gasteiger partial charge on any atom is 0.318 e. The molecule has 3 unspecified atom stereocenters. The van der Waals surface area contributed by atoms with E-state index < -0.39 is 0 Å². The van der Waals surface area contributed by atoms with Crippen LogP contribution in [0.3, 0.4) is 0 Å². The first-order valence-corrected chi connectivity index (χ1v) is 8.84. The largest absolute Gasteiger partial charge is 0.376 e. The van der Waals surface area contributed by atoms with Crippen LogP contribution in [0, 0.1) is 0 Å². The van der Waals surface area contributed by atoms with Crippen LogP contribution >= 0.6 is 0 Å². The van der Waals surface area contributed by atoms with Crippen molar-refractivity contribution in [2.45, 2.75) is 63.6 Å². The van der Waals surface area contributed by atoms with E-state index in [2.05, 4.69) is 10.3 Å². The van der Waals surface area contributed by atoms with Gasteiger partial charge in [0.15, 0.2) is 0 Å². The van der Waals surface area contributed by atoms with E-state index in [-0.39, 0.29) is 24.2 Å². The Balaban J connectivity index is 1.69. The van der Waals surface area contributed by atoms with Crippen LogP contribution in [0.1, 0.15) is 57.1 Å². The molecule has 3 heterocycles. The highest BCUT2D eigenvalue weighted by Crippen LogP contribution is 2.30. The Morgan fingerprint density at radius 1 is 1.26 bits per heavy atom. The summed E-state index contributed by atoms with van der Waals surface area (Å²) >= 11 is 0. The second-order valence-corrected chi connectivity index (χ2v) is 6.63. The van der Waals surface area contributed by atoms with Gasteiger partial charge in [-0.25, -0.2) is 4.79 Å². The van der Waals surface area contributed by atoms with Crippen LogP contribution < -0.4 is 5.32 Å². The van der Waals surface area contributed by atoms with E-state index in [9.17, 15) is 4.79 Å². The quantitative estimate of drug-likeness (QED) is 0.931. The first-order chi connectivity index (χ1) is 11.3. The van der Waals surface area contributed by atoms with Gasteiger partial charge in [0.2, 0.25) is 0 Å². The number of hydrogen-bond donors (Lipinski definition) is 1. The molecule has 0 aromatic carbocycles. The molecule has 0 spiro atoms. The van der Waals surface area contributed by atoms with E-state index in [0.717, 1.165) is 45.3 Å². The molecular formula is C18H27N3O2. The number of carbonyl (C=O) groups is 1. The summed E-state index contributed by atoms with van der Waals surface area (Å²) in [4.78, 5) is 19.0. The Kier molecular flexibility index (Phi) is 5.49. The molecule has 2 fully saturated rings. The van der Waals surface area contributed by atoms with Crippen molar-refractivity contribution in [3.63, 3.8) is 0 Å². The molecule has 0 radical (unpaired) electrons. The molecule has 2 aliphatic heterocycles. The lowest BCUT2D eigenvalue weighted by Gasteiger charge is -2.32. The lowest BCUT2D eigenvalue weighted by atomic mass is 10.0. The fourth-order valence-corrected chi connectivity index (χ4v) is 3.65. The molecule has 2 aliphatic rings. The lowest BCUT2D eigenvalue weighted by Crippen LogP contribution is -2.49. The average molecular weight is 317 g/mol. The summed E-state index contributed by atoms with van der Waals surface area (Å²) < 4.78 is 5.70. The Hall–Kier alpha value is -1.62. The summed E-state index contributed by atoms with van der Waals surface area (Å²) in [5.41, 5.74) is 1.18. The number of ether oxygens (including phenoxy) is 1. The van der Waals surface area contributed by atoms with Crippen molar-refractivity contribution in [3.05, 3.63) is 30.1 Å². The summed E-state index contributed by atoms with van der Waals surface area (Å²) in [6, 6.07) is 4.31. The van der Waals surface area contributed by atoms with Gasteiger partial charge < -0.3 is 15.0 Å². The van der Waals surface area contributed by atoms with Gasteiger partial charge >= 0.3 is 6.03 Å². The highest BCUT2D eigenvalue weighted by molar-refractivity contribution is 5.75. The summed E-state index contributed by atoms with van der Waals surface area (Å²) in [6.45, 7) is 3.68. The van der Waals surface area contributed by atoms with Gasteiger partial charge in [-0.1, -0.05) is 12.8 Å². The Morgan fingerprint density at radius 2 is 2.09 bits per heavy atom. The van der Waals surface area contributed by atoms with E-state index in [1.807, 2.05) is 36.4 Å². The van der Waals surface area contributed by atoms with Gasteiger partial charge in [-0.15, -0.1) is 0 Å². The van der Waals surface area contributed by atoms with Gasteiger partial charge in [-0.05, 0) is 50.3 Å². The van der Waals surface area contributed by atoms with Gasteiger partial charge in [0.1, 0.15) is 0 Å². The Bertz CT molecular complexity index is 502. The summed E-state index contributed by atoms with van der Waals surface area (Å²) in [5.74, 6) is 0. The normalized spacial score (nSPS) is 26.6. The average Bonchev–Trinajstić information content (AvgIpc) is 3.00. The van der Waals surface area contributed by atoms with Crippen LogP contribution in [0.2, 0.25) is 0 Å². The smallest absolute Gasteiger partial charge is 0.318 e. The molecule has 1 aromatic rings. The molecule has 0 aliphatic carbocycles. The van der Waals surface area contributed by atoms with Crippen LogP contribution in [0.25, 0.3) is 0 Å². The number of amides is 2. The Labute approximate surface area is 138 Å². The van der Waals surface area contributed by atoms with Crippen molar-refractivity contribution in [1.82, 2.24) is 15.2 Å². The third-order valence-corrected chi connectivity index (χ3v) is 4.98. The molecule has 3 rings (SSSR count). The van der Waals surface area contributed by atoms with Gasteiger partial charge in [-0.3, -0.25) is 4.98 Å². The standard InChI is InChI=1S/C18H27N3O2/c1-14(17-7-5-13-23-17)20-18(22)21-12-4-2-3-6-16(21)15-8-10-19-11-9-15/h8-11,14,16-17H,2-7,12-13H2,1H3,(H,20,22). The van der Waals surface area contributed by atoms with E-state index in [4.69, 9.17) is 4.74 Å². The van der Waals surface area contributed by atoms with Crippen LogP contribution in [-0.2, 0) is 4.74 Å². The van der Waals surface area contributed by atoms with Crippen LogP contribution in [0.15, 0.2) is 24.5 Å². The second-order valence-electron chi connectivity index (χ2n) is 6.63. The zero-order chi connectivity index (χ0) is 16.1. The monoisotopic (exact) mass is 317 g/mol. The number of nitrogens with zero attached hydrogens (tertiary/aromatic N) is 2. The number of likely N-dealkylation sites (tertiary alicyclic amines) is 1. The molecule has 2 amide bonds. The molecule has 23 heavy (non-hydrogen) atoms. The number of carbonyl (C=O) groups excluding carboxylic acids is 1.